The molecule has 5 heteroatoms. The molecule has 0 saturated carbocycles. The van der Waals surface area contributed by atoms with E-state index in [0.717, 1.165) is 21.9 Å². The maximum Gasteiger partial charge on any atom is 0.303 e. The Balaban J connectivity index is 1.49. The van der Waals surface area contributed by atoms with Crippen LogP contribution in [-0.2, 0) is 16.8 Å². The van der Waals surface area contributed by atoms with Crippen molar-refractivity contribution in [1.29, 1.82) is 0 Å². The number of benzene rings is 3. The molecule has 1 amide bonds. The number of aliphatic carboxylic acids is 1. The number of carbonyl (C=O) groups excluding carboxylic acids is 1. The maximum atomic E-state index is 13.0. The van der Waals surface area contributed by atoms with E-state index in [2.05, 4.69) is 0 Å². The Morgan fingerprint density at radius 2 is 1.57 bits per heavy atom. The molecule has 0 atom stereocenters. The number of carboxylic acid groups (broad SMARTS) is 1. The average Bonchev–Trinajstić information content (AvgIpc) is 2.77. The number of nitrogens with zero attached hydrogens (tertiary/aromatic N) is 1. The van der Waals surface area contributed by atoms with Gasteiger partial charge in [0.15, 0.2) is 0 Å². The second-order valence-corrected chi connectivity index (χ2v) is 7.94. The molecule has 0 spiro atoms. The van der Waals surface area contributed by atoms with Gasteiger partial charge in [0.1, 0.15) is 0 Å². The first-order valence-electron chi connectivity index (χ1n) is 10.3. The minimum absolute atomic E-state index is 0.0260. The van der Waals surface area contributed by atoms with Crippen LogP contribution >= 0.6 is 0 Å². The molecular formula is C25H25NO4. The summed E-state index contributed by atoms with van der Waals surface area (Å²) < 4.78 is 0. The number of carbonyl (C=O) groups is 2. The molecule has 1 heterocycles. The Morgan fingerprint density at radius 3 is 2.30 bits per heavy atom. The van der Waals surface area contributed by atoms with Crippen molar-refractivity contribution in [1.82, 2.24) is 4.90 Å². The molecular weight excluding hydrogens is 378 g/mol. The van der Waals surface area contributed by atoms with E-state index in [-0.39, 0.29) is 12.3 Å². The van der Waals surface area contributed by atoms with Gasteiger partial charge in [0.25, 0.3) is 5.91 Å². The third-order valence-corrected chi connectivity index (χ3v) is 6.00. The zero-order chi connectivity index (χ0) is 21.1. The summed E-state index contributed by atoms with van der Waals surface area (Å²) in [7, 11) is 0. The summed E-state index contributed by atoms with van der Waals surface area (Å²) in [4.78, 5) is 25.8. The SMILES string of the molecule is O=C(O)CCc1ccccc1C1(O)CCN(C(=O)c2ccc3ccccc3c2)CC1. The van der Waals surface area contributed by atoms with E-state index in [1.165, 1.54) is 0 Å². The smallest absolute Gasteiger partial charge is 0.303 e. The lowest BCUT2D eigenvalue weighted by atomic mass is 9.81. The lowest BCUT2D eigenvalue weighted by Gasteiger charge is -2.39. The molecule has 0 bridgehead atoms. The van der Waals surface area contributed by atoms with Gasteiger partial charge >= 0.3 is 5.97 Å². The molecule has 0 radical (unpaired) electrons. The van der Waals surface area contributed by atoms with Crippen molar-refractivity contribution in [2.45, 2.75) is 31.3 Å². The van der Waals surface area contributed by atoms with Gasteiger partial charge in [-0.2, -0.15) is 0 Å². The predicted molar refractivity (Wildman–Crippen MR) is 115 cm³/mol. The summed E-state index contributed by atoms with van der Waals surface area (Å²) >= 11 is 0. The molecule has 4 rings (SSSR count). The van der Waals surface area contributed by atoms with Gasteiger partial charge in [0, 0.05) is 25.1 Å². The first kappa shape index (κ1) is 20.1. The Kier molecular flexibility index (Phi) is 5.55. The van der Waals surface area contributed by atoms with Gasteiger partial charge in [-0.05, 0) is 53.3 Å². The quantitative estimate of drug-likeness (QED) is 0.675. The van der Waals surface area contributed by atoms with Crippen LogP contribution < -0.4 is 0 Å². The Bertz CT molecular complexity index is 1080. The summed E-state index contributed by atoms with van der Waals surface area (Å²) in [6, 6.07) is 21.2. The highest BCUT2D eigenvalue weighted by Crippen LogP contribution is 2.35. The number of fused-ring (bicyclic) bond motifs is 1. The number of amides is 1. The van der Waals surface area contributed by atoms with Crippen LogP contribution in [0, 0.1) is 0 Å². The third kappa shape index (κ3) is 4.07. The van der Waals surface area contributed by atoms with Crippen LogP contribution in [-0.4, -0.2) is 40.1 Å². The molecule has 1 aliphatic heterocycles. The lowest BCUT2D eigenvalue weighted by molar-refractivity contribution is -0.137. The van der Waals surface area contributed by atoms with E-state index in [9.17, 15) is 14.7 Å². The van der Waals surface area contributed by atoms with Gasteiger partial charge in [-0.3, -0.25) is 9.59 Å². The number of aryl methyl sites for hydroxylation is 1. The second-order valence-electron chi connectivity index (χ2n) is 7.94. The minimum Gasteiger partial charge on any atom is -0.481 e. The molecule has 1 fully saturated rings. The number of likely N-dealkylation sites (tertiary alicyclic amines) is 1. The first-order valence-corrected chi connectivity index (χ1v) is 10.3. The van der Waals surface area contributed by atoms with E-state index < -0.39 is 11.6 Å². The lowest BCUT2D eigenvalue weighted by Crippen LogP contribution is -2.45. The Labute approximate surface area is 175 Å². The van der Waals surface area contributed by atoms with Crippen LogP contribution in [0.25, 0.3) is 10.8 Å². The van der Waals surface area contributed by atoms with Crippen molar-refractivity contribution in [2.75, 3.05) is 13.1 Å². The highest BCUT2D eigenvalue weighted by molar-refractivity contribution is 5.98. The largest absolute Gasteiger partial charge is 0.481 e. The fraction of sp³-hybridized carbons (Fsp3) is 0.280. The van der Waals surface area contributed by atoms with E-state index in [1.807, 2.05) is 66.7 Å². The van der Waals surface area contributed by atoms with Crippen LogP contribution in [0.3, 0.4) is 0 Å². The summed E-state index contributed by atoms with van der Waals surface area (Å²) in [6.45, 7) is 0.908. The van der Waals surface area contributed by atoms with E-state index in [4.69, 9.17) is 5.11 Å². The zero-order valence-corrected chi connectivity index (χ0v) is 16.8. The number of aliphatic hydroxyl groups is 1. The molecule has 30 heavy (non-hydrogen) atoms. The molecule has 1 aliphatic rings. The van der Waals surface area contributed by atoms with Gasteiger partial charge < -0.3 is 15.1 Å². The van der Waals surface area contributed by atoms with Crippen molar-refractivity contribution in [3.05, 3.63) is 83.4 Å². The van der Waals surface area contributed by atoms with Gasteiger partial charge in [0.2, 0.25) is 0 Å². The molecule has 2 N–H and O–H groups in total. The molecule has 3 aromatic rings. The van der Waals surface area contributed by atoms with Crippen LogP contribution in [0.4, 0.5) is 0 Å². The number of rotatable bonds is 5. The van der Waals surface area contributed by atoms with E-state index in [0.29, 0.717) is 37.9 Å². The van der Waals surface area contributed by atoms with Crippen LogP contribution in [0.1, 0.15) is 40.7 Å². The maximum absolute atomic E-state index is 13.0. The summed E-state index contributed by atoms with van der Waals surface area (Å²) in [5.41, 5.74) is 1.25. The van der Waals surface area contributed by atoms with Crippen molar-refractivity contribution in [3.63, 3.8) is 0 Å². The molecule has 0 aliphatic carbocycles. The number of piperidine rings is 1. The topological polar surface area (TPSA) is 77.8 Å². The minimum atomic E-state index is -1.05. The van der Waals surface area contributed by atoms with Crippen molar-refractivity contribution in [2.24, 2.45) is 0 Å². The van der Waals surface area contributed by atoms with Gasteiger partial charge in [-0.25, -0.2) is 0 Å². The fourth-order valence-electron chi connectivity index (χ4n) is 4.29. The third-order valence-electron chi connectivity index (χ3n) is 6.00. The van der Waals surface area contributed by atoms with Crippen molar-refractivity contribution >= 4 is 22.6 Å². The standard InChI is InChI=1S/C25H25NO4/c27-23(28)12-11-19-6-3-4-8-22(19)25(30)13-15-26(16-14-25)24(29)21-10-9-18-5-1-2-7-20(18)17-21/h1-10,17,30H,11-16H2,(H,27,28). The van der Waals surface area contributed by atoms with Gasteiger partial charge in [0.05, 0.1) is 5.60 Å². The first-order chi connectivity index (χ1) is 14.5. The van der Waals surface area contributed by atoms with Crippen LogP contribution in [0.2, 0.25) is 0 Å². The zero-order valence-electron chi connectivity index (χ0n) is 16.8. The average molecular weight is 403 g/mol. The Morgan fingerprint density at radius 1 is 0.900 bits per heavy atom. The molecule has 1 saturated heterocycles. The highest BCUT2D eigenvalue weighted by Gasteiger charge is 2.37. The second kappa shape index (κ2) is 8.28. The van der Waals surface area contributed by atoms with Crippen molar-refractivity contribution < 1.29 is 19.8 Å². The van der Waals surface area contributed by atoms with Crippen molar-refractivity contribution in [3.8, 4) is 0 Å². The number of hydrogen-bond acceptors (Lipinski definition) is 3. The monoisotopic (exact) mass is 403 g/mol. The predicted octanol–water partition coefficient (Wildman–Crippen LogP) is 3.98. The van der Waals surface area contributed by atoms with E-state index in [1.54, 1.807) is 4.90 Å². The summed E-state index contributed by atoms with van der Waals surface area (Å²) in [5, 5.41) is 22.4. The van der Waals surface area contributed by atoms with Crippen LogP contribution in [0.5, 0.6) is 0 Å². The van der Waals surface area contributed by atoms with Gasteiger partial charge in [-0.1, -0.05) is 54.6 Å². The molecule has 3 aromatic carbocycles. The van der Waals surface area contributed by atoms with Gasteiger partial charge in [-0.15, -0.1) is 0 Å². The normalized spacial score (nSPS) is 15.8. The Hall–Kier alpha value is -3.18. The summed E-state index contributed by atoms with van der Waals surface area (Å²) in [5.74, 6) is -0.880. The van der Waals surface area contributed by atoms with E-state index >= 15 is 0 Å². The molecule has 0 aromatic heterocycles. The molecule has 0 unspecified atom stereocenters. The highest BCUT2D eigenvalue weighted by atomic mass is 16.4. The molecule has 5 nitrogen and oxygen atoms in total. The molecule has 154 valence electrons. The van der Waals surface area contributed by atoms with Crippen LogP contribution in [0.15, 0.2) is 66.7 Å². The fourth-order valence-corrected chi connectivity index (χ4v) is 4.29. The summed E-state index contributed by atoms with van der Waals surface area (Å²) in [6.07, 6.45) is 1.26. The number of hydrogen-bond donors (Lipinski definition) is 2. The number of carboxylic acids is 1.